The quantitative estimate of drug-likeness (QED) is 0.258. The molecule has 0 saturated heterocycles. The van der Waals surface area contributed by atoms with Crippen molar-refractivity contribution in [1.29, 1.82) is 0 Å². The summed E-state index contributed by atoms with van der Waals surface area (Å²) in [7, 11) is 0. The molecule has 0 aliphatic heterocycles. The minimum absolute atomic E-state index is 0.303. The molecule has 0 fully saturated rings. The first-order valence-corrected chi connectivity index (χ1v) is 8.11. The molecule has 0 aromatic rings. The molecule has 0 radical (unpaired) electrons. The second kappa shape index (κ2) is 16.5. The van der Waals surface area contributed by atoms with Gasteiger partial charge in [0.05, 0.1) is 12.5 Å². The third-order valence-electron chi connectivity index (χ3n) is 3.06. The first-order valence-electron chi connectivity index (χ1n) is 8.11. The molecule has 0 aromatic carbocycles. The van der Waals surface area contributed by atoms with Crippen LogP contribution in [0.4, 0.5) is 0 Å². The van der Waals surface area contributed by atoms with E-state index >= 15 is 0 Å². The van der Waals surface area contributed by atoms with Gasteiger partial charge < -0.3 is 9.84 Å². The van der Waals surface area contributed by atoms with Crippen molar-refractivity contribution in [2.45, 2.75) is 71.1 Å². The minimum atomic E-state index is -0.688. The molecule has 1 N–H and O–H groups in total. The number of unbranched alkanes of at least 4 members (excludes halogenated alkanes) is 7. The smallest absolute Gasteiger partial charge is 0.303 e. The summed E-state index contributed by atoms with van der Waals surface area (Å²) in [6.45, 7) is 2.18. The van der Waals surface area contributed by atoms with Gasteiger partial charge in [-0.15, -0.1) is 0 Å². The van der Waals surface area contributed by atoms with E-state index in [1.807, 2.05) is 18.2 Å². The Kier molecular flexibility index (Phi) is 15.4. The number of carbonyl (C=O) groups is 1. The van der Waals surface area contributed by atoms with Gasteiger partial charge in [0, 0.05) is 6.42 Å². The average Bonchev–Trinajstić information content (AvgIpc) is 2.46. The number of carboxylic acids is 1. The fraction of sp³-hybridized carbons (Fsp3) is 0.611. The van der Waals surface area contributed by atoms with Gasteiger partial charge in [0.15, 0.2) is 0 Å². The summed E-state index contributed by atoms with van der Waals surface area (Å²) in [5.74, 6) is -0.688. The number of hydrogen-bond donors (Lipinski definition) is 1. The van der Waals surface area contributed by atoms with E-state index in [0.29, 0.717) is 6.42 Å². The van der Waals surface area contributed by atoms with Gasteiger partial charge in [0.1, 0.15) is 0 Å². The standard InChI is InChI=1S/C18H30O3/c1-2-3-4-13-16-21-17-14-11-9-7-5-6-8-10-12-15-18(19)20/h9,11,13-14,16-17H,2-8,10,12,15H2,1H3,(H,19,20)/b11-9-,16-13-,17-14+. The first-order chi connectivity index (χ1) is 10.3. The highest BCUT2D eigenvalue weighted by Gasteiger charge is 1.95. The summed E-state index contributed by atoms with van der Waals surface area (Å²) >= 11 is 0. The Morgan fingerprint density at radius 2 is 1.62 bits per heavy atom. The maximum Gasteiger partial charge on any atom is 0.303 e. The van der Waals surface area contributed by atoms with E-state index in [1.54, 1.807) is 12.5 Å². The van der Waals surface area contributed by atoms with Crippen molar-refractivity contribution in [1.82, 2.24) is 0 Å². The molecule has 0 aromatic heterocycles. The van der Waals surface area contributed by atoms with Crippen LogP contribution in [0.25, 0.3) is 0 Å². The molecule has 21 heavy (non-hydrogen) atoms. The molecule has 0 spiro atoms. The second-order valence-electron chi connectivity index (χ2n) is 5.11. The van der Waals surface area contributed by atoms with Gasteiger partial charge in [0.2, 0.25) is 0 Å². The highest BCUT2D eigenvalue weighted by Crippen LogP contribution is 2.07. The van der Waals surface area contributed by atoms with Crippen molar-refractivity contribution < 1.29 is 14.6 Å². The predicted octanol–water partition coefficient (Wildman–Crippen LogP) is 5.59. The molecule has 120 valence electrons. The van der Waals surface area contributed by atoms with E-state index in [0.717, 1.165) is 38.5 Å². The summed E-state index contributed by atoms with van der Waals surface area (Å²) in [6.07, 6.45) is 21.7. The van der Waals surface area contributed by atoms with Crippen molar-refractivity contribution in [2.75, 3.05) is 0 Å². The molecule has 0 bridgehead atoms. The molecule has 0 saturated carbocycles. The van der Waals surface area contributed by atoms with Gasteiger partial charge in [-0.1, -0.05) is 44.8 Å². The fourth-order valence-electron chi connectivity index (χ4n) is 1.83. The number of carboxylic acid groups (broad SMARTS) is 1. The number of allylic oxidation sites excluding steroid dienone is 4. The largest absolute Gasteiger partial charge is 0.481 e. The van der Waals surface area contributed by atoms with Gasteiger partial charge >= 0.3 is 5.97 Å². The third kappa shape index (κ3) is 18.5. The number of aliphatic carboxylic acids is 1. The number of ether oxygens (including phenoxy) is 1. The topological polar surface area (TPSA) is 46.5 Å². The summed E-state index contributed by atoms with van der Waals surface area (Å²) in [6, 6.07) is 0. The van der Waals surface area contributed by atoms with Crippen LogP contribution in [0.15, 0.2) is 36.8 Å². The van der Waals surface area contributed by atoms with Crippen LogP contribution in [-0.2, 0) is 9.53 Å². The zero-order valence-electron chi connectivity index (χ0n) is 13.3. The maximum atomic E-state index is 10.3. The van der Waals surface area contributed by atoms with Gasteiger partial charge in [-0.05, 0) is 44.3 Å². The first kappa shape index (κ1) is 19.5. The molecule has 3 nitrogen and oxygen atoms in total. The Morgan fingerprint density at radius 1 is 0.905 bits per heavy atom. The fourth-order valence-corrected chi connectivity index (χ4v) is 1.83. The van der Waals surface area contributed by atoms with Gasteiger partial charge in [-0.2, -0.15) is 0 Å². The summed E-state index contributed by atoms with van der Waals surface area (Å²) < 4.78 is 5.21. The van der Waals surface area contributed by atoms with Crippen LogP contribution in [0.2, 0.25) is 0 Å². The van der Waals surface area contributed by atoms with E-state index < -0.39 is 5.97 Å². The molecule has 0 aliphatic rings. The number of rotatable bonds is 14. The lowest BCUT2D eigenvalue weighted by atomic mass is 10.1. The Labute approximate surface area is 129 Å². The van der Waals surface area contributed by atoms with Crippen molar-refractivity contribution in [3.05, 3.63) is 36.8 Å². The summed E-state index contributed by atoms with van der Waals surface area (Å²) in [4.78, 5) is 10.3. The van der Waals surface area contributed by atoms with E-state index in [2.05, 4.69) is 13.0 Å². The Balaban J connectivity index is 3.28. The van der Waals surface area contributed by atoms with Crippen LogP contribution in [0.1, 0.15) is 71.1 Å². The van der Waals surface area contributed by atoms with E-state index in [1.165, 1.54) is 19.3 Å². The molecule has 3 heteroatoms. The lowest BCUT2D eigenvalue weighted by molar-refractivity contribution is -0.137. The van der Waals surface area contributed by atoms with Gasteiger partial charge in [0.25, 0.3) is 0 Å². The highest BCUT2D eigenvalue weighted by molar-refractivity contribution is 5.66. The van der Waals surface area contributed by atoms with Gasteiger partial charge in [-0.3, -0.25) is 4.79 Å². The molecule has 0 atom stereocenters. The third-order valence-corrected chi connectivity index (χ3v) is 3.06. The molecule has 0 rings (SSSR count). The summed E-state index contributed by atoms with van der Waals surface area (Å²) in [5, 5.41) is 8.50. The van der Waals surface area contributed by atoms with Crippen molar-refractivity contribution >= 4 is 5.97 Å². The Morgan fingerprint density at radius 3 is 2.38 bits per heavy atom. The average molecular weight is 294 g/mol. The van der Waals surface area contributed by atoms with Crippen LogP contribution >= 0.6 is 0 Å². The maximum absolute atomic E-state index is 10.3. The van der Waals surface area contributed by atoms with E-state index in [4.69, 9.17) is 9.84 Å². The van der Waals surface area contributed by atoms with Crippen LogP contribution in [0.3, 0.4) is 0 Å². The zero-order valence-corrected chi connectivity index (χ0v) is 13.3. The van der Waals surface area contributed by atoms with Gasteiger partial charge in [-0.25, -0.2) is 0 Å². The second-order valence-corrected chi connectivity index (χ2v) is 5.11. The SMILES string of the molecule is CCCC/C=C\O/C=C/C=C\CCCCCCCC(=O)O. The molecular formula is C18H30O3. The normalized spacial score (nSPS) is 11.9. The highest BCUT2D eigenvalue weighted by atomic mass is 16.5. The predicted molar refractivity (Wildman–Crippen MR) is 88.0 cm³/mol. The van der Waals surface area contributed by atoms with Crippen molar-refractivity contribution in [3.8, 4) is 0 Å². The Bertz CT molecular complexity index is 316. The summed E-state index contributed by atoms with van der Waals surface area (Å²) in [5.41, 5.74) is 0. The molecule has 0 amide bonds. The zero-order chi connectivity index (χ0) is 15.6. The molecular weight excluding hydrogens is 264 g/mol. The van der Waals surface area contributed by atoms with Crippen LogP contribution < -0.4 is 0 Å². The molecule has 0 heterocycles. The minimum Gasteiger partial charge on any atom is -0.481 e. The lowest BCUT2D eigenvalue weighted by Gasteiger charge is -1.97. The van der Waals surface area contributed by atoms with Crippen LogP contribution in [0.5, 0.6) is 0 Å². The van der Waals surface area contributed by atoms with E-state index in [-0.39, 0.29) is 0 Å². The lowest BCUT2D eigenvalue weighted by Crippen LogP contribution is -1.93. The molecule has 0 unspecified atom stereocenters. The van der Waals surface area contributed by atoms with Crippen LogP contribution in [-0.4, -0.2) is 11.1 Å². The van der Waals surface area contributed by atoms with Crippen molar-refractivity contribution in [3.63, 3.8) is 0 Å². The van der Waals surface area contributed by atoms with Crippen molar-refractivity contribution in [2.24, 2.45) is 0 Å². The number of hydrogen-bond acceptors (Lipinski definition) is 2. The monoisotopic (exact) mass is 294 g/mol. The Hall–Kier alpha value is -1.51. The van der Waals surface area contributed by atoms with E-state index in [9.17, 15) is 4.79 Å². The van der Waals surface area contributed by atoms with Crippen LogP contribution in [0, 0.1) is 0 Å². The molecule has 0 aliphatic carbocycles.